The molecule has 15 heavy (non-hydrogen) atoms. The molecule has 90 valence electrons. The summed E-state index contributed by atoms with van der Waals surface area (Å²) < 4.78 is 56.0. The molecule has 0 aliphatic carbocycles. The van der Waals surface area contributed by atoms with E-state index in [4.69, 9.17) is 11.5 Å². The molecule has 0 heterocycles. The Bertz CT molecular complexity index is 150. The molecule has 0 saturated heterocycles. The molecular weight excluding hydrogens is 219 g/mol. The van der Waals surface area contributed by atoms with Gasteiger partial charge in [-0.05, 0) is 0 Å². The minimum atomic E-state index is -2.59. The summed E-state index contributed by atoms with van der Waals surface area (Å²) in [6, 6.07) is 0. The van der Waals surface area contributed by atoms with Crippen molar-refractivity contribution in [1.82, 2.24) is 0 Å². The highest BCUT2D eigenvalue weighted by molar-refractivity contribution is 6.18. The summed E-state index contributed by atoms with van der Waals surface area (Å²) in [6.07, 6.45) is -8.85. The SMILES string of the molecule is NC(CC(F)F)OBOC(N)CC(F)F. The molecule has 0 spiro atoms. The second-order valence-corrected chi connectivity index (χ2v) is 2.78. The van der Waals surface area contributed by atoms with Crippen molar-refractivity contribution in [1.29, 1.82) is 0 Å². The van der Waals surface area contributed by atoms with E-state index in [0.29, 0.717) is 0 Å². The van der Waals surface area contributed by atoms with Crippen molar-refractivity contribution in [2.45, 2.75) is 38.1 Å². The van der Waals surface area contributed by atoms with Gasteiger partial charge in [-0.3, -0.25) is 0 Å². The van der Waals surface area contributed by atoms with Gasteiger partial charge in [-0.15, -0.1) is 0 Å². The molecular formula is C6H13BF4N2O2. The molecule has 0 saturated carbocycles. The molecule has 0 bridgehead atoms. The summed E-state index contributed by atoms with van der Waals surface area (Å²) in [5.41, 5.74) is 10.2. The molecule has 0 rings (SSSR count). The van der Waals surface area contributed by atoms with Crippen LogP contribution in [-0.4, -0.2) is 33.0 Å². The Morgan fingerprint density at radius 3 is 1.47 bits per heavy atom. The first-order valence-corrected chi connectivity index (χ1v) is 4.22. The Morgan fingerprint density at radius 2 is 1.20 bits per heavy atom. The Morgan fingerprint density at radius 1 is 0.867 bits per heavy atom. The number of nitrogens with two attached hydrogens (primary N) is 2. The molecule has 4 nitrogen and oxygen atoms in total. The lowest BCUT2D eigenvalue weighted by atomic mass is 10.3. The third kappa shape index (κ3) is 9.92. The standard InChI is InChI=1S/C6H13BF4N2O2/c8-3(9)1-5(12)14-7-15-6(13)2-4(10)11/h3-7H,1-2,12-13H2. The Hall–Kier alpha value is -0.375. The third-order valence-corrected chi connectivity index (χ3v) is 1.39. The van der Waals surface area contributed by atoms with Crippen molar-refractivity contribution >= 4 is 7.69 Å². The molecule has 9 heteroatoms. The minimum absolute atomic E-state index is 0.484. The van der Waals surface area contributed by atoms with Crippen LogP contribution < -0.4 is 11.5 Å². The van der Waals surface area contributed by atoms with E-state index < -0.39 is 45.8 Å². The number of hydrogen-bond acceptors (Lipinski definition) is 4. The molecule has 0 aliphatic rings. The van der Waals surface area contributed by atoms with Gasteiger partial charge in [0.05, 0.1) is 12.5 Å². The molecule has 2 atom stereocenters. The van der Waals surface area contributed by atoms with E-state index >= 15 is 0 Å². The number of alkyl halides is 4. The van der Waals surface area contributed by atoms with E-state index in [0.717, 1.165) is 0 Å². The molecule has 2 unspecified atom stereocenters. The summed E-state index contributed by atoms with van der Waals surface area (Å²) in [4.78, 5) is 0. The maximum atomic E-state index is 11.7. The maximum absolute atomic E-state index is 11.7. The fourth-order valence-corrected chi connectivity index (χ4v) is 0.701. The van der Waals surface area contributed by atoms with Crippen LogP contribution in [0.5, 0.6) is 0 Å². The molecule has 0 amide bonds. The first-order valence-electron chi connectivity index (χ1n) is 4.22. The zero-order chi connectivity index (χ0) is 11.8. The Kier molecular flexibility index (Phi) is 7.66. The Labute approximate surface area is 85.2 Å². The summed E-state index contributed by atoms with van der Waals surface area (Å²) in [5.74, 6) is 0. The van der Waals surface area contributed by atoms with Crippen LogP contribution in [0.3, 0.4) is 0 Å². The number of rotatable bonds is 8. The van der Waals surface area contributed by atoms with Gasteiger partial charge in [-0.25, -0.2) is 17.6 Å². The van der Waals surface area contributed by atoms with Crippen molar-refractivity contribution in [3.8, 4) is 0 Å². The van der Waals surface area contributed by atoms with Crippen molar-refractivity contribution < 1.29 is 26.9 Å². The second-order valence-electron chi connectivity index (χ2n) is 2.78. The summed E-state index contributed by atoms with van der Waals surface area (Å²) in [6.45, 7) is 0. The lowest BCUT2D eigenvalue weighted by Gasteiger charge is -2.15. The van der Waals surface area contributed by atoms with Crippen LogP contribution in [-0.2, 0) is 9.31 Å². The lowest BCUT2D eigenvalue weighted by Crippen LogP contribution is -2.33. The molecule has 4 N–H and O–H groups in total. The van der Waals surface area contributed by atoms with Crippen molar-refractivity contribution in [2.24, 2.45) is 11.5 Å². The lowest BCUT2D eigenvalue weighted by molar-refractivity contribution is 0.0418. The molecule has 0 fully saturated rings. The monoisotopic (exact) mass is 232 g/mol. The normalized spacial score (nSPS) is 15.7. The van der Waals surface area contributed by atoms with Crippen LogP contribution in [0, 0.1) is 0 Å². The van der Waals surface area contributed by atoms with E-state index in [9.17, 15) is 17.6 Å². The first-order chi connectivity index (χ1) is 6.91. The van der Waals surface area contributed by atoms with E-state index in [1.807, 2.05) is 0 Å². The zero-order valence-electron chi connectivity index (χ0n) is 7.91. The highest BCUT2D eigenvalue weighted by Crippen LogP contribution is 2.04. The van der Waals surface area contributed by atoms with Gasteiger partial charge in [0.25, 0.3) is 0 Å². The fourth-order valence-electron chi connectivity index (χ4n) is 0.701. The fraction of sp³-hybridized carbons (Fsp3) is 1.00. The maximum Gasteiger partial charge on any atom is 0.440 e. The quantitative estimate of drug-likeness (QED) is 0.355. The number of halogens is 4. The summed E-state index contributed by atoms with van der Waals surface area (Å²) >= 11 is 0. The van der Waals surface area contributed by atoms with E-state index in [-0.39, 0.29) is 0 Å². The van der Waals surface area contributed by atoms with Crippen LogP contribution in [0.25, 0.3) is 0 Å². The predicted molar refractivity (Wildman–Crippen MR) is 46.5 cm³/mol. The van der Waals surface area contributed by atoms with Gasteiger partial charge in [0.1, 0.15) is 0 Å². The number of hydrogen-bond donors (Lipinski definition) is 2. The van der Waals surface area contributed by atoms with E-state index in [1.54, 1.807) is 0 Å². The van der Waals surface area contributed by atoms with E-state index in [2.05, 4.69) is 9.31 Å². The molecule has 0 aromatic rings. The van der Waals surface area contributed by atoms with Gasteiger partial charge < -0.3 is 20.8 Å². The van der Waals surface area contributed by atoms with Crippen molar-refractivity contribution in [2.75, 3.05) is 0 Å². The van der Waals surface area contributed by atoms with Gasteiger partial charge in [0.2, 0.25) is 12.9 Å². The highest BCUT2D eigenvalue weighted by Gasteiger charge is 2.14. The molecule has 0 aliphatic heterocycles. The minimum Gasteiger partial charge on any atom is -0.398 e. The first kappa shape index (κ1) is 14.6. The second kappa shape index (κ2) is 7.86. The van der Waals surface area contributed by atoms with Crippen molar-refractivity contribution in [3.05, 3.63) is 0 Å². The summed E-state index contributed by atoms with van der Waals surface area (Å²) in [7, 11) is -0.484. The Balaban J connectivity index is 3.44. The molecule has 0 aromatic carbocycles. The average molecular weight is 232 g/mol. The predicted octanol–water partition coefficient (Wildman–Crippen LogP) is 0.166. The zero-order valence-corrected chi connectivity index (χ0v) is 7.91. The van der Waals surface area contributed by atoms with Crippen LogP contribution in [0.2, 0.25) is 0 Å². The van der Waals surface area contributed by atoms with E-state index in [1.165, 1.54) is 0 Å². The third-order valence-electron chi connectivity index (χ3n) is 1.39. The van der Waals surface area contributed by atoms with Crippen LogP contribution >= 0.6 is 0 Å². The van der Waals surface area contributed by atoms with Crippen LogP contribution in [0.15, 0.2) is 0 Å². The van der Waals surface area contributed by atoms with Crippen LogP contribution in [0.1, 0.15) is 12.8 Å². The van der Waals surface area contributed by atoms with Crippen LogP contribution in [0.4, 0.5) is 17.6 Å². The summed E-state index contributed by atoms with van der Waals surface area (Å²) in [5, 5.41) is 0. The molecule has 0 aromatic heterocycles. The van der Waals surface area contributed by atoms with Gasteiger partial charge in [-0.2, -0.15) is 0 Å². The highest BCUT2D eigenvalue weighted by atomic mass is 19.3. The molecule has 0 radical (unpaired) electrons. The van der Waals surface area contributed by atoms with Crippen molar-refractivity contribution in [3.63, 3.8) is 0 Å². The smallest absolute Gasteiger partial charge is 0.398 e. The largest absolute Gasteiger partial charge is 0.440 e. The van der Waals surface area contributed by atoms with Gasteiger partial charge >= 0.3 is 7.69 Å². The topological polar surface area (TPSA) is 70.5 Å². The average Bonchev–Trinajstić information content (AvgIpc) is 2.00. The van der Waals surface area contributed by atoms with Gasteiger partial charge in [-0.1, -0.05) is 0 Å². The van der Waals surface area contributed by atoms with Gasteiger partial charge in [0.15, 0.2) is 0 Å². The van der Waals surface area contributed by atoms with Gasteiger partial charge in [0, 0.05) is 12.8 Å².